The van der Waals surface area contributed by atoms with Gasteiger partial charge in [-0.05, 0) is 36.1 Å². The molecule has 0 aromatic heterocycles. The number of methoxy groups -OCH3 is 3. The third-order valence-electron chi connectivity index (χ3n) is 3.88. The number of carbonyl (C=O) groups is 2. The summed E-state index contributed by atoms with van der Waals surface area (Å²) in [6.07, 6.45) is 1.99. The average Bonchev–Trinajstić information content (AvgIpc) is 2.74. The topological polar surface area (TPSA) is 83.1 Å². The normalized spacial score (nSPS) is 10.1. The molecule has 1 N–H and O–H groups in total. The van der Waals surface area contributed by atoms with Crippen LogP contribution in [0.3, 0.4) is 0 Å². The third kappa shape index (κ3) is 5.56. The van der Waals surface area contributed by atoms with Gasteiger partial charge in [-0.3, -0.25) is 9.59 Å². The van der Waals surface area contributed by atoms with Crippen molar-refractivity contribution in [1.29, 1.82) is 0 Å². The molecule has 0 radical (unpaired) electrons. The van der Waals surface area contributed by atoms with Gasteiger partial charge in [-0.2, -0.15) is 0 Å². The molecular formula is C20H23NO6S. The summed E-state index contributed by atoms with van der Waals surface area (Å²) in [6.45, 7) is -0.105. The van der Waals surface area contributed by atoms with E-state index in [4.69, 9.17) is 18.9 Å². The molecule has 0 unspecified atom stereocenters. The highest BCUT2D eigenvalue weighted by atomic mass is 32.2. The van der Waals surface area contributed by atoms with E-state index in [1.807, 2.05) is 30.5 Å². The highest BCUT2D eigenvalue weighted by Crippen LogP contribution is 2.38. The van der Waals surface area contributed by atoms with Gasteiger partial charge in [-0.1, -0.05) is 12.1 Å². The zero-order valence-electron chi connectivity index (χ0n) is 16.2. The van der Waals surface area contributed by atoms with Crippen molar-refractivity contribution in [3.8, 4) is 17.2 Å². The van der Waals surface area contributed by atoms with E-state index in [0.717, 1.165) is 10.5 Å². The van der Waals surface area contributed by atoms with Gasteiger partial charge in [0.15, 0.2) is 11.5 Å². The maximum absolute atomic E-state index is 12.4. The zero-order valence-corrected chi connectivity index (χ0v) is 17.1. The number of benzene rings is 2. The first-order valence-corrected chi connectivity index (χ1v) is 9.61. The van der Waals surface area contributed by atoms with E-state index in [9.17, 15) is 9.59 Å². The Morgan fingerprint density at radius 3 is 2.07 bits per heavy atom. The molecular weight excluding hydrogens is 382 g/mol. The lowest BCUT2D eigenvalue weighted by Crippen LogP contribution is -2.30. The number of amides is 1. The van der Waals surface area contributed by atoms with Crippen LogP contribution in [0.5, 0.6) is 17.2 Å². The molecule has 28 heavy (non-hydrogen) atoms. The molecule has 0 spiro atoms. The van der Waals surface area contributed by atoms with Crippen LogP contribution in [0.1, 0.15) is 15.9 Å². The van der Waals surface area contributed by atoms with E-state index in [-0.39, 0.29) is 18.7 Å². The molecule has 0 saturated carbocycles. The molecule has 0 aliphatic carbocycles. The van der Waals surface area contributed by atoms with Gasteiger partial charge in [-0.15, -0.1) is 11.8 Å². The number of thioether (sulfide) groups is 1. The van der Waals surface area contributed by atoms with Crippen LogP contribution in [0.2, 0.25) is 0 Å². The van der Waals surface area contributed by atoms with Gasteiger partial charge in [0, 0.05) is 10.5 Å². The molecule has 8 heteroatoms. The maximum Gasteiger partial charge on any atom is 0.325 e. The highest BCUT2D eigenvalue weighted by molar-refractivity contribution is 7.98. The largest absolute Gasteiger partial charge is 0.493 e. The number of hydrogen-bond donors (Lipinski definition) is 1. The molecule has 0 fully saturated rings. The van der Waals surface area contributed by atoms with E-state index in [1.165, 1.54) is 33.5 Å². The Kier molecular flexibility index (Phi) is 8.01. The van der Waals surface area contributed by atoms with Crippen molar-refractivity contribution in [3.63, 3.8) is 0 Å². The van der Waals surface area contributed by atoms with Gasteiger partial charge in [0.1, 0.15) is 13.2 Å². The Labute approximate surface area is 168 Å². The predicted octanol–water partition coefficient (Wildman–Crippen LogP) is 2.91. The Balaban J connectivity index is 1.92. The molecule has 0 aliphatic heterocycles. The second-order valence-corrected chi connectivity index (χ2v) is 6.49. The van der Waals surface area contributed by atoms with Crippen molar-refractivity contribution in [3.05, 3.63) is 47.5 Å². The molecule has 0 aliphatic rings. The third-order valence-corrected chi connectivity index (χ3v) is 4.62. The van der Waals surface area contributed by atoms with E-state index in [1.54, 1.807) is 11.8 Å². The monoisotopic (exact) mass is 405 g/mol. The zero-order chi connectivity index (χ0) is 20.5. The lowest BCUT2D eigenvalue weighted by Gasteiger charge is -2.14. The number of ether oxygens (including phenoxy) is 4. The van der Waals surface area contributed by atoms with Crippen molar-refractivity contribution >= 4 is 23.6 Å². The Morgan fingerprint density at radius 2 is 1.57 bits per heavy atom. The van der Waals surface area contributed by atoms with E-state index in [2.05, 4.69) is 5.32 Å². The van der Waals surface area contributed by atoms with Crippen molar-refractivity contribution in [2.75, 3.05) is 34.1 Å². The van der Waals surface area contributed by atoms with Crippen LogP contribution in [0.15, 0.2) is 41.3 Å². The first-order valence-electron chi connectivity index (χ1n) is 8.39. The van der Waals surface area contributed by atoms with Crippen molar-refractivity contribution in [1.82, 2.24) is 5.32 Å². The molecule has 0 saturated heterocycles. The quantitative estimate of drug-likeness (QED) is 0.507. The fourth-order valence-corrected chi connectivity index (χ4v) is 2.81. The molecule has 0 atom stereocenters. The van der Waals surface area contributed by atoms with Crippen LogP contribution in [-0.2, 0) is 16.1 Å². The van der Waals surface area contributed by atoms with Crippen LogP contribution in [0, 0.1) is 0 Å². The highest BCUT2D eigenvalue weighted by Gasteiger charge is 2.17. The van der Waals surface area contributed by atoms with Crippen LogP contribution < -0.4 is 19.5 Å². The molecule has 150 valence electrons. The summed E-state index contributed by atoms with van der Waals surface area (Å²) in [5, 5.41) is 2.52. The van der Waals surface area contributed by atoms with Crippen LogP contribution in [0.25, 0.3) is 0 Å². The molecule has 2 rings (SSSR count). The van der Waals surface area contributed by atoms with Gasteiger partial charge in [0.05, 0.1) is 21.3 Å². The van der Waals surface area contributed by atoms with Crippen LogP contribution >= 0.6 is 11.8 Å². The second kappa shape index (κ2) is 10.5. The van der Waals surface area contributed by atoms with Gasteiger partial charge < -0.3 is 24.3 Å². The first-order chi connectivity index (χ1) is 13.5. The maximum atomic E-state index is 12.4. The van der Waals surface area contributed by atoms with Crippen molar-refractivity contribution in [2.24, 2.45) is 0 Å². The minimum absolute atomic E-state index is 0.146. The molecule has 1 amide bonds. The fraction of sp³-hybridized carbons (Fsp3) is 0.300. The molecule has 2 aromatic rings. The summed E-state index contributed by atoms with van der Waals surface area (Å²) < 4.78 is 20.8. The number of carbonyl (C=O) groups excluding carboxylic acids is 2. The number of nitrogens with one attached hydrogen (secondary N) is 1. The van der Waals surface area contributed by atoms with Crippen molar-refractivity contribution in [2.45, 2.75) is 11.5 Å². The summed E-state index contributed by atoms with van der Waals surface area (Å²) in [6, 6.07) is 10.7. The minimum atomic E-state index is -0.533. The summed E-state index contributed by atoms with van der Waals surface area (Å²) in [4.78, 5) is 25.4. The van der Waals surface area contributed by atoms with Gasteiger partial charge >= 0.3 is 5.97 Å². The van der Waals surface area contributed by atoms with Crippen LogP contribution in [-0.4, -0.2) is 46.0 Å². The van der Waals surface area contributed by atoms with Gasteiger partial charge in [-0.25, -0.2) is 0 Å². The fourth-order valence-electron chi connectivity index (χ4n) is 2.40. The molecule has 2 aromatic carbocycles. The van der Waals surface area contributed by atoms with E-state index < -0.39 is 11.9 Å². The SMILES string of the molecule is COc1cc(C(=O)NCC(=O)OCc2ccc(SC)cc2)cc(OC)c1OC. The first kappa shape index (κ1) is 21.4. The predicted molar refractivity (Wildman–Crippen MR) is 106 cm³/mol. The second-order valence-electron chi connectivity index (χ2n) is 5.61. The lowest BCUT2D eigenvalue weighted by atomic mass is 10.1. The van der Waals surface area contributed by atoms with Gasteiger partial charge in [0.25, 0.3) is 5.91 Å². The molecule has 0 bridgehead atoms. The Hall–Kier alpha value is -2.87. The lowest BCUT2D eigenvalue weighted by molar-refractivity contribution is -0.143. The van der Waals surface area contributed by atoms with E-state index >= 15 is 0 Å². The number of hydrogen-bond acceptors (Lipinski definition) is 7. The van der Waals surface area contributed by atoms with Gasteiger partial charge in [0.2, 0.25) is 5.75 Å². The summed E-state index contributed by atoms with van der Waals surface area (Å²) in [7, 11) is 4.40. The molecule has 0 heterocycles. The van der Waals surface area contributed by atoms with E-state index in [0.29, 0.717) is 17.2 Å². The standard InChI is InChI=1S/C20H23NO6S/c1-24-16-9-14(10-17(25-2)19(16)26-3)20(23)21-11-18(22)27-12-13-5-7-15(28-4)8-6-13/h5-10H,11-12H2,1-4H3,(H,21,23). The minimum Gasteiger partial charge on any atom is -0.493 e. The Bertz CT molecular complexity index is 797. The number of esters is 1. The average molecular weight is 405 g/mol. The smallest absolute Gasteiger partial charge is 0.325 e. The number of rotatable bonds is 9. The molecule has 7 nitrogen and oxygen atoms in total. The van der Waals surface area contributed by atoms with Crippen LogP contribution in [0.4, 0.5) is 0 Å². The van der Waals surface area contributed by atoms with Crippen molar-refractivity contribution < 1.29 is 28.5 Å². The summed E-state index contributed by atoms with van der Waals surface area (Å²) in [5.41, 5.74) is 1.15. The Morgan fingerprint density at radius 1 is 0.964 bits per heavy atom. The summed E-state index contributed by atoms with van der Waals surface area (Å²) in [5.74, 6) is 0.0928. The summed E-state index contributed by atoms with van der Waals surface area (Å²) >= 11 is 1.64.